The Balaban J connectivity index is 1.49. The van der Waals surface area contributed by atoms with Crippen molar-refractivity contribution in [2.24, 2.45) is 0 Å². The Kier molecular flexibility index (Phi) is 6.25. The van der Waals surface area contributed by atoms with Gasteiger partial charge in [-0.2, -0.15) is 13.2 Å². The molecule has 2 aliphatic rings. The molecule has 0 saturated carbocycles. The van der Waals surface area contributed by atoms with E-state index in [4.69, 9.17) is 0 Å². The molecule has 10 heteroatoms. The summed E-state index contributed by atoms with van der Waals surface area (Å²) < 4.78 is 42.0. The van der Waals surface area contributed by atoms with Crippen LogP contribution in [0.15, 0.2) is 48.5 Å². The van der Waals surface area contributed by atoms with E-state index in [2.05, 4.69) is 31.3 Å². The van der Waals surface area contributed by atoms with Crippen LogP contribution in [-0.4, -0.2) is 60.0 Å². The Bertz CT molecular complexity index is 1150. The van der Waals surface area contributed by atoms with Gasteiger partial charge in [-0.3, -0.25) is 14.9 Å². The molecule has 35 heavy (non-hydrogen) atoms. The molecule has 1 aliphatic carbocycles. The summed E-state index contributed by atoms with van der Waals surface area (Å²) in [4.78, 5) is 37.0. The number of nitrogens with one attached hydrogen (secondary N) is 2. The highest BCUT2D eigenvalue weighted by Gasteiger charge is 2.46. The summed E-state index contributed by atoms with van der Waals surface area (Å²) in [6.07, 6.45) is -3.93. The highest BCUT2D eigenvalue weighted by Crippen LogP contribution is 2.41. The van der Waals surface area contributed by atoms with Crippen LogP contribution >= 0.6 is 0 Å². The zero-order valence-electron chi connectivity index (χ0n) is 19.6. The van der Waals surface area contributed by atoms with Gasteiger partial charge in [0.1, 0.15) is 13.1 Å². The van der Waals surface area contributed by atoms with Crippen LogP contribution < -0.4 is 10.6 Å². The van der Waals surface area contributed by atoms with Gasteiger partial charge in [0.15, 0.2) is 6.04 Å². The van der Waals surface area contributed by atoms with Gasteiger partial charge in [0.05, 0.1) is 0 Å². The molecular formula is C25H27F3N4O3. The van der Waals surface area contributed by atoms with E-state index in [1.165, 1.54) is 23.3 Å². The zero-order chi connectivity index (χ0) is 25.5. The molecule has 4 amide bonds. The van der Waals surface area contributed by atoms with Crippen molar-refractivity contribution in [2.45, 2.75) is 43.9 Å². The summed E-state index contributed by atoms with van der Waals surface area (Å²) in [6.45, 7) is 3.28. The quantitative estimate of drug-likeness (QED) is 0.609. The third-order valence-corrected chi connectivity index (χ3v) is 6.86. The molecule has 0 spiro atoms. The highest BCUT2D eigenvalue weighted by molar-refractivity contribution is 6.03. The van der Waals surface area contributed by atoms with Crippen molar-refractivity contribution in [3.8, 4) is 0 Å². The number of imide groups is 1. The first-order valence-corrected chi connectivity index (χ1v) is 11.2. The van der Waals surface area contributed by atoms with Crippen molar-refractivity contribution < 1.29 is 27.6 Å². The van der Waals surface area contributed by atoms with Crippen molar-refractivity contribution >= 4 is 23.5 Å². The summed E-state index contributed by atoms with van der Waals surface area (Å²) in [5.41, 5.74) is 2.92. The molecule has 2 N–H and O–H groups in total. The number of anilines is 1. The molecule has 1 aliphatic heterocycles. The molecule has 4 rings (SSSR count). The van der Waals surface area contributed by atoms with Crippen molar-refractivity contribution in [1.82, 2.24) is 15.1 Å². The third-order valence-electron chi connectivity index (χ3n) is 6.86. The van der Waals surface area contributed by atoms with Gasteiger partial charge in [-0.25, -0.2) is 4.79 Å². The summed E-state index contributed by atoms with van der Waals surface area (Å²) in [5.74, 6) is -1.53. The number of halogens is 3. The number of carbonyl (C=O) groups excluding carboxylic acids is 3. The van der Waals surface area contributed by atoms with Gasteiger partial charge >= 0.3 is 12.2 Å². The minimum atomic E-state index is -4.74. The number of nitrogens with zero attached hydrogens (tertiary/aromatic N) is 2. The number of likely N-dealkylation sites (N-methyl/N-ethyl adjacent to an activating group) is 1. The van der Waals surface area contributed by atoms with E-state index in [9.17, 15) is 27.6 Å². The number of rotatable bonds is 6. The van der Waals surface area contributed by atoms with E-state index in [1.54, 1.807) is 12.1 Å². The van der Waals surface area contributed by atoms with Crippen molar-refractivity contribution in [3.63, 3.8) is 0 Å². The van der Waals surface area contributed by atoms with Crippen LogP contribution in [0.3, 0.4) is 0 Å². The van der Waals surface area contributed by atoms with Crippen LogP contribution in [0.25, 0.3) is 0 Å². The number of alkyl halides is 3. The second-order valence-electron chi connectivity index (χ2n) is 9.56. The van der Waals surface area contributed by atoms with Crippen LogP contribution in [0, 0.1) is 0 Å². The predicted molar refractivity (Wildman–Crippen MR) is 124 cm³/mol. The number of amides is 4. The monoisotopic (exact) mass is 488 g/mol. The minimum absolute atomic E-state index is 0.0720. The summed E-state index contributed by atoms with van der Waals surface area (Å²) in [7, 11) is 1.04. The maximum absolute atomic E-state index is 14.0. The van der Waals surface area contributed by atoms with E-state index in [0.717, 1.165) is 18.4 Å². The topological polar surface area (TPSA) is 81.8 Å². The van der Waals surface area contributed by atoms with Gasteiger partial charge in [-0.1, -0.05) is 50.2 Å². The molecule has 186 valence electrons. The zero-order valence-corrected chi connectivity index (χ0v) is 19.6. The summed E-state index contributed by atoms with van der Waals surface area (Å²) in [6, 6.07) is 11.1. The molecule has 1 saturated heterocycles. The second-order valence-corrected chi connectivity index (χ2v) is 9.56. The molecule has 2 aromatic carbocycles. The van der Waals surface area contributed by atoms with Crippen LogP contribution in [0.5, 0.6) is 0 Å². The number of hydrogen-bond donors (Lipinski definition) is 2. The smallest absolute Gasteiger partial charge is 0.381 e. The van der Waals surface area contributed by atoms with E-state index in [0.29, 0.717) is 10.6 Å². The van der Waals surface area contributed by atoms with Crippen LogP contribution in [0.2, 0.25) is 0 Å². The number of carbonyl (C=O) groups is 3. The second kappa shape index (κ2) is 8.90. The van der Waals surface area contributed by atoms with Gasteiger partial charge in [0.25, 0.3) is 0 Å². The number of benzene rings is 2. The van der Waals surface area contributed by atoms with Crippen LogP contribution in [0.1, 0.15) is 36.6 Å². The fourth-order valence-corrected chi connectivity index (χ4v) is 4.85. The van der Waals surface area contributed by atoms with Crippen molar-refractivity contribution in [1.29, 1.82) is 0 Å². The van der Waals surface area contributed by atoms with E-state index in [-0.39, 0.29) is 23.6 Å². The normalized spacial score (nSPS) is 19.8. The largest absolute Gasteiger partial charge is 0.413 e. The molecule has 7 nitrogen and oxygen atoms in total. The summed E-state index contributed by atoms with van der Waals surface area (Å²) >= 11 is 0. The van der Waals surface area contributed by atoms with Gasteiger partial charge in [-0.05, 0) is 35.2 Å². The molecule has 0 bridgehead atoms. The standard InChI is InChI=1S/C25H27F3N4O3/c1-24(2)18-7-5-4-6-16(18)12-19(24)29-17-10-8-15(9-11-17)22(25(26,27)28)31(3)21(34)14-32-13-20(33)30-23(32)35/h4-11,19,22,29H,12-14H2,1-3H3,(H,30,33,35). The first-order chi connectivity index (χ1) is 16.4. The Morgan fingerprint density at radius 3 is 2.40 bits per heavy atom. The van der Waals surface area contributed by atoms with Crippen molar-refractivity contribution in [2.75, 3.05) is 25.5 Å². The Morgan fingerprint density at radius 1 is 1.17 bits per heavy atom. The first kappa shape index (κ1) is 24.6. The lowest BCUT2D eigenvalue weighted by atomic mass is 9.83. The van der Waals surface area contributed by atoms with Crippen LogP contribution in [-0.2, 0) is 21.4 Å². The van der Waals surface area contributed by atoms with Gasteiger partial charge in [0, 0.05) is 24.2 Å². The Labute approximate surface area is 201 Å². The maximum Gasteiger partial charge on any atom is 0.413 e. The average Bonchev–Trinajstić information content (AvgIpc) is 3.22. The SMILES string of the molecule is CN(C(=O)CN1CC(=O)NC1=O)C(c1ccc(NC2Cc3ccccc3C2(C)C)cc1)C(F)(F)F. The third kappa shape index (κ3) is 4.82. The van der Waals surface area contributed by atoms with Gasteiger partial charge in [0.2, 0.25) is 11.8 Å². The molecule has 2 atom stereocenters. The van der Waals surface area contributed by atoms with Crippen molar-refractivity contribution in [3.05, 3.63) is 65.2 Å². The molecule has 0 radical (unpaired) electrons. The van der Waals surface area contributed by atoms with Crippen LogP contribution in [0.4, 0.5) is 23.7 Å². The van der Waals surface area contributed by atoms with Gasteiger partial charge in [-0.15, -0.1) is 0 Å². The number of fused-ring (bicyclic) bond motifs is 1. The molecule has 0 aromatic heterocycles. The molecule has 2 unspecified atom stereocenters. The summed E-state index contributed by atoms with van der Waals surface area (Å²) in [5, 5.41) is 5.45. The minimum Gasteiger partial charge on any atom is -0.381 e. The first-order valence-electron chi connectivity index (χ1n) is 11.2. The lowest BCUT2D eigenvalue weighted by molar-refractivity contribution is -0.189. The average molecular weight is 489 g/mol. The van der Waals surface area contributed by atoms with E-state index >= 15 is 0 Å². The fourth-order valence-electron chi connectivity index (χ4n) is 4.85. The molecular weight excluding hydrogens is 461 g/mol. The molecule has 1 fully saturated rings. The lowest BCUT2D eigenvalue weighted by Gasteiger charge is -2.32. The molecule has 2 aromatic rings. The molecule has 1 heterocycles. The Hall–Kier alpha value is -3.56. The van der Waals surface area contributed by atoms with Gasteiger partial charge < -0.3 is 15.1 Å². The highest BCUT2D eigenvalue weighted by atomic mass is 19.4. The predicted octanol–water partition coefficient (Wildman–Crippen LogP) is 3.61. The fraction of sp³-hybridized carbons (Fsp3) is 0.400. The number of hydrogen-bond acceptors (Lipinski definition) is 4. The maximum atomic E-state index is 14.0. The van der Waals surface area contributed by atoms with E-state index in [1.807, 2.05) is 17.4 Å². The lowest BCUT2D eigenvalue weighted by Crippen LogP contribution is -2.45. The van der Waals surface area contributed by atoms with E-state index < -0.39 is 36.6 Å². The Morgan fingerprint density at radius 2 is 1.83 bits per heavy atom. The number of urea groups is 1.